The van der Waals surface area contributed by atoms with Crippen molar-refractivity contribution in [2.45, 2.75) is 10.1 Å². The molecular weight excluding hydrogens is 248 g/mol. The number of benzene rings is 1. The van der Waals surface area contributed by atoms with Crippen LogP contribution in [0.15, 0.2) is 40.4 Å². The van der Waals surface area contributed by atoms with Gasteiger partial charge in [-0.3, -0.25) is 5.43 Å². The Morgan fingerprint density at radius 2 is 1.83 bits per heavy atom. The van der Waals surface area contributed by atoms with E-state index in [0.29, 0.717) is 17.1 Å². The van der Waals surface area contributed by atoms with Gasteiger partial charge in [-0.25, -0.2) is 5.84 Å². The van der Waals surface area contributed by atoms with E-state index < -0.39 is 0 Å². The van der Waals surface area contributed by atoms with Gasteiger partial charge in [-0.1, -0.05) is 18.2 Å². The van der Waals surface area contributed by atoms with Crippen LogP contribution in [0.5, 0.6) is 0 Å². The van der Waals surface area contributed by atoms with Gasteiger partial charge in [-0.15, -0.1) is 0 Å². The van der Waals surface area contributed by atoms with Crippen molar-refractivity contribution in [3.63, 3.8) is 0 Å². The first-order chi connectivity index (χ1) is 8.69. The number of aromatic nitrogens is 3. The molecule has 1 aromatic carbocycles. The third-order valence-electron chi connectivity index (χ3n) is 2.08. The molecule has 0 aliphatic carbocycles. The Kier molecular flexibility index (Phi) is 3.96. The SMILES string of the molecule is CN(C)c1nc(NN)nc(Sc2ccccc2)n1. The van der Waals surface area contributed by atoms with E-state index in [0.717, 1.165) is 4.90 Å². The topological polar surface area (TPSA) is 80.0 Å². The largest absolute Gasteiger partial charge is 0.347 e. The lowest BCUT2D eigenvalue weighted by Crippen LogP contribution is -2.17. The molecule has 0 fully saturated rings. The summed E-state index contributed by atoms with van der Waals surface area (Å²) in [6.45, 7) is 0. The summed E-state index contributed by atoms with van der Waals surface area (Å²) in [5, 5.41) is 0.604. The van der Waals surface area contributed by atoms with E-state index in [1.165, 1.54) is 11.8 Å². The smallest absolute Gasteiger partial charge is 0.242 e. The van der Waals surface area contributed by atoms with E-state index in [4.69, 9.17) is 5.84 Å². The van der Waals surface area contributed by atoms with Crippen LogP contribution in [0.3, 0.4) is 0 Å². The molecule has 2 aromatic rings. The first kappa shape index (κ1) is 12.6. The highest BCUT2D eigenvalue weighted by Crippen LogP contribution is 2.25. The quantitative estimate of drug-likeness (QED) is 0.636. The molecule has 2 rings (SSSR count). The van der Waals surface area contributed by atoms with Crippen LogP contribution in [0.1, 0.15) is 0 Å². The van der Waals surface area contributed by atoms with Gasteiger partial charge in [0.1, 0.15) is 0 Å². The average molecular weight is 262 g/mol. The second kappa shape index (κ2) is 5.65. The predicted molar refractivity (Wildman–Crippen MR) is 72.5 cm³/mol. The van der Waals surface area contributed by atoms with Gasteiger partial charge in [0.2, 0.25) is 11.9 Å². The van der Waals surface area contributed by atoms with Crippen LogP contribution in [0, 0.1) is 0 Å². The van der Waals surface area contributed by atoms with Crippen molar-refractivity contribution in [1.82, 2.24) is 15.0 Å². The lowest BCUT2D eigenvalue weighted by atomic mass is 10.4. The predicted octanol–water partition coefficient (Wildman–Crippen LogP) is 1.37. The number of hydrogen-bond acceptors (Lipinski definition) is 7. The van der Waals surface area contributed by atoms with Crippen molar-refractivity contribution < 1.29 is 0 Å². The maximum atomic E-state index is 5.35. The molecule has 3 N–H and O–H groups in total. The average Bonchev–Trinajstić information content (AvgIpc) is 2.39. The van der Waals surface area contributed by atoms with Crippen molar-refractivity contribution >= 4 is 23.7 Å². The first-order valence-corrected chi connectivity index (χ1v) is 6.13. The molecule has 0 aliphatic heterocycles. The third kappa shape index (κ3) is 3.08. The number of nitrogens with one attached hydrogen (secondary N) is 1. The van der Waals surface area contributed by atoms with Crippen LogP contribution < -0.4 is 16.2 Å². The normalized spacial score (nSPS) is 10.2. The monoisotopic (exact) mass is 262 g/mol. The summed E-state index contributed by atoms with van der Waals surface area (Å²) in [6.07, 6.45) is 0. The number of anilines is 2. The van der Waals surface area contributed by atoms with E-state index in [1.807, 2.05) is 44.4 Å². The molecule has 18 heavy (non-hydrogen) atoms. The van der Waals surface area contributed by atoms with Crippen molar-refractivity contribution in [3.8, 4) is 0 Å². The summed E-state index contributed by atoms with van der Waals surface area (Å²) >= 11 is 1.46. The molecule has 0 saturated carbocycles. The highest BCUT2D eigenvalue weighted by atomic mass is 32.2. The molecule has 0 saturated heterocycles. The Labute approximate surface area is 110 Å². The fraction of sp³-hybridized carbons (Fsp3) is 0.182. The van der Waals surface area contributed by atoms with Crippen molar-refractivity contribution in [1.29, 1.82) is 0 Å². The molecule has 0 atom stereocenters. The van der Waals surface area contributed by atoms with Crippen molar-refractivity contribution in [2.75, 3.05) is 24.4 Å². The van der Waals surface area contributed by atoms with Gasteiger partial charge in [-0.05, 0) is 23.9 Å². The molecule has 0 aliphatic rings. The summed E-state index contributed by atoms with van der Waals surface area (Å²) in [7, 11) is 3.74. The van der Waals surface area contributed by atoms with Crippen LogP contribution in [-0.2, 0) is 0 Å². The number of hydrazine groups is 1. The van der Waals surface area contributed by atoms with Crippen LogP contribution in [0.4, 0.5) is 11.9 Å². The van der Waals surface area contributed by atoms with E-state index >= 15 is 0 Å². The number of nitrogens with two attached hydrogens (primary N) is 1. The molecule has 1 heterocycles. The summed E-state index contributed by atoms with van der Waals surface area (Å²) < 4.78 is 0. The summed E-state index contributed by atoms with van der Waals surface area (Å²) in [5.41, 5.74) is 2.45. The minimum absolute atomic E-state index is 0.354. The number of rotatable bonds is 4. The van der Waals surface area contributed by atoms with E-state index in [1.54, 1.807) is 4.90 Å². The highest BCUT2D eigenvalue weighted by molar-refractivity contribution is 7.99. The molecule has 1 aromatic heterocycles. The minimum atomic E-state index is 0.354. The maximum Gasteiger partial charge on any atom is 0.242 e. The standard InChI is InChI=1S/C11H14N6S/c1-17(2)10-13-9(16-12)14-11(15-10)18-8-6-4-3-5-7-8/h3-7H,12H2,1-2H3,(H,13,14,15,16). The van der Waals surface area contributed by atoms with Gasteiger partial charge < -0.3 is 4.90 Å². The zero-order valence-corrected chi connectivity index (χ0v) is 11.0. The Morgan fingerprint density at radius 1 is 1.11 bits per heavy atom. The molecule has 6 nitrogen and oxygen atoms in total. The summed E-state index contributed by atoms with van der Waals surface area (Å²) in [5.74, 6) is 6.27. The Bertz CT molecular complexity index is 516. The molecule has 0 unspecified atom stereocenters. The zero-order valence-electron chi connectivity index (χ0n) is 10.2. The van der Waals surface area contributed by atoms with Crippen LogP contribution >= 0.6 is 11.8 Å². The molecule has 0 bridgehead atoms. The minimum Gasteiger partial charge on any atom is -0.347 e. The van der Waals surface area contributed by atoms with Crippen molar-refractivity contribution in [3.05, 3.63) is 30.3 Å². The second-order valence-corrected chi connectivity index (χ2v) is 4.74. The molecule has 0 amide bonds. The van der Waals surface area contributed by atoms with E-state index in [9.17, 15) is 0 Å². The Balaban J connectivity index is 2.30. The number of hydrogen-bond donors (Lipinski definition) is 2. The number of nitrogens with zero attached hydrogens (tertiary/aromatic N) is 4. The van der Waals surface area contributed by atoms with Gasteiger partial charge in [0.25, 0.3) is 0 Å². The maximum absolute atomic E-state index is 5.35. The lowest BCUT2D eigenvalue weighted by Gasteiger charge is -2.11. The van der Waals surface area contributed by atoms with Gasteiger partial charge in [0, 0.05) is 19.0 Å². The molecular formula is C11H14N6S. The Hall–Kier alpha value is -1.86. The molecule has 0 spiro atoms. The van der Waals surface area contributed by atoms with E-state index in [2.05, 4.69) is 20.4 Å². The first-order valence-electron chi connectivity index (χ1n) is 5.32. The molecule has 94 valence electrons. The van der Waals surface area contributed by atoms with Crippen LogP contribution in [0.2, 0.25) is 0 Å². The number of nitrogen functional groups attached to an aromatic ring is 1. The summed E-state index contributed by atoms with van der Waals surface area (Å²) in [6, 6.07) is 9.91. The highest BCUT2D eigenvalue weighted by Gasteiger charge is 2.08. The van der Waals surface area contributed by atoms with Crippen molar-refractivity contribution in [2.24, 2.45) is 5.84 Å². The second-order valence-electron chi connectivity index (χ2n) is 3.70. The van der Waals surface area contributed by atoms with E-state index in [-0.39, 0.29) is 0 Å². The molecule has 7 heteroatoms. The van der Waals surface area contributed by atoms with Gasteiger partial charge in [0.05, 0.1) is 0 Å². The third-order valence-corrected chi connectivity index (χ3v) is 2.96. The zero-order chi connectivity index (χ0) is 13.0. The Morgan fingerprint density at radius 3 is 2.44 bits per heavy atom. The van der Waals surface area contributed by atoms with Gasteiger partial charge in [0.15, 0.2) is 5.16 Å². The lowest BCUT2D eigenvalue weighted by molar-refractivity contribution is 0.865. The fourth-order valence-corrected chi connectivity index (χ4v) is 2.01. The van der Waals surface area contributed by atoms with Gasteiger partial charge >= 0.3 is 0 Å². The van der Waals surface area contributed by atoms with Crippen LogP contribution in [-0.4, -0.2) is 29.0 Å². The van der Waals surface area contributed by atoms with Gasteiger partial charge in [-0.2, -0.15) is 15.0 Å². The summed E-state index contributed by atoms with van der Waals surface area (Å²) in [4.78, 5) is 15.6. The fourth-order valence-electron chi connectivity index (χ4n) is 1.25. The molecule has 0 radical (unpaired) electrons. The van der Waals surface area contributed by atoms with Crippen LogP contribution in [0.25, 0.3) is 0 Å².